The summed E-state index contributed by atoms with van der Waals surface area (Å²) in [5, 5.41) is 0. The van der Waals surface area contributed by atoms with Crippen LogP contribution in [0.5, 0.6) is 0 Å². The van der Waals surface area contributed by atoms with Crippen LogP contribution in [0.25, 0.3) is 0 Å². The SMILES string of the molecule is C[C@@H]1CN(C(=O)CN2CCO[C@@H](c3ccc(F)cc3)C2)CCO1. The molecule has 0 saturated carbocycles. The molecule has 0 aliphatic carbocycles. The standard InChI is InChI=1S/C17H23FN2O3/c1-13-10-20(7-9-22-13)17(21)12-19-6-8-23-16(11-19)14-2-4-15(18)5-3-14/h2-5,13,16H,6-12H2,1H3/t13-,16-/m1/s1. The van der Waals surface area contributed by atoms with Crippen LogP contribution < -0.4 is 0 Å². The number of benzene rings is 1. The molecule has 2 aliphatic rings. The highest BCUT2D eigenvalue weighted by molar-refractivity contribution is 5.78. The Morgan fingerprint density at radius 1 is 1.17 bits per heavy atom. The second-order valence-electron chi connectivity index (χ2n) is 6.17. The van der Waals surface area contributed by atoms with Crippen LogP contribution in [0, 0.1) is 5.82 Å². The van der Waals surface area contributed by atoms with Gasteiger partial charge in [0.05, 0.1) is 32.0 Å². The lowest BCUT2D eigenvalue weighted by molar-refractivity contribution is -0.141. The molecular formula is C17H23FN2O3. The molecule has 0 N–H and O–H groups in total. The van der Waals surface area contributed by atoms with Crippen LogP contribution in [0.1, 0.15) is 18.6 Å². The summed E-state index contributed by atoms with van der Waals surface area (Å²) in [7, 11) is 0. The van der Waals surface area contributed by atoms with Gasteiger partial charge in [-0.1, -0.05) is 12.1 Å². The summed E-state index contributed by atoms with van der Waals surface area (Å²) >= 11 is 0. The Balaban J connectivity index is 1.56. The molecule has 0 unspecified atom stereocenters. The van der Waals surface area contributed by atoms with E-state index in [2.05, 4.69) is 4.90 Å². The Labute approximate surface area is 136 Å². The van der Waals surface area contributed by atoms with Gasteiger partial charge in [0.15, 0.2) is 0 Å². The molecule has 0 aromatic heterocycles. The smallest absolute Gasteiger partial charge is 0.236 e. The fourth-order valence-electron chi connectivity index (χ4n) is 3.06. The maximum atomic E-state index is 13.0. The maximum Gasteiger partial charge on any atom is 0.236 e. The third-order valence-electron chi connectivity index (χ3n) is 4.35. The van der Waals surface area contributed by atoms with Gasteiger partial charge in [-0.15, -0.1) is 0 Å². The molecule has 1 amide bonds. The van der Waals surface area contributed by atoms with E-state index in [1.54, 1.807) is 12.1 Å². The van der Waals surface area contributed by atoms with Crippen molar-refractivity contribution in [1.29, 1.82) is 0 Å². The highest BCUT2D eigenvalue weighted by Crippen LogP contribution is 2.22. The van der Waals surface area contributed by atoms with Gasteiger partial charge in [-0.3, -0.25) is 9.69 Å². The molecule has 1 aromatic carbocycles. The maximum absolute atomic E-state index is 13.0. The minimum absolute atomic E-state index is 0.101. The number of nitrogens with zero attached hydrogens (tertiary/aromatic N) is 2. The van der Waals surface area contributed by atoms with Crippen LogP contribution in [0.2, 0.25) is 0 Å². The summed E-state index contributed by atoms with van der Waals surface area (Å²) in [5.41, 5.74) is 0.948. The zero-order chi connectivity index (χ0) is 16.2. The minimum Gasteiger partial charge on any atom is -0.375 e. The molecule has 2 atom stereocenters. The van der Waals surface area contributed by atoms with Gasteiger partial charge in [0.2, 0.25) is 5.91 Å². The van der Waals surface area contributed by atoms with E-state index in [4.69, 9.17) is 9.47 Å². The normalized spacial score (nSPS) is 26.3. The van der Waals surface area contributed by atoms with Gasteiger partial charge in [-0.25, -0.2) is 4.39 Å². The fraction of sp³-hybridized carbons (Fsp3) is 0.588. The highest BCUT2D eigenvalue weighted by atomic mass is 19.1. The molecule has 126 valence electrons. The molecule has 2 fully saturated rings. The van der Waals surface area contributed by atoms with E-state index < -0.39 is 0 Å². The first-order valence-corrected chi connectivity index (χ1v) is 8.10. The summed E-state index contributed by atoms with van der Waals surface area (Å²) in [6.07, 6.45) is -0.00915. The van der Waals surface area contributed by atoms with Crippen molar-refractivity contribution in [2.75, 3.05) is 45.9 Å². The van der Waals surface area contributed by atoms with Crippen molar-refractivity contribution in [2.45, 2.75) is 19.1 Å². The first-order chi connectivity index (χ1) is 11.1. The predicted octanol–water partition coefficient (Wildman–Crippen LogP) is 1.45. The molecule has 23 heavy (non-hydrogen) atoms. The summed E-state index contributed by atoms with van der Waals surface area (Å²) in [6, 6.07) is 6.37. The fourth-order valence-corrected chi connectivity index (χ4v) is 3.06. The second-order valence-corrected chi connectivity index (χ2v) is 6.17. The molecule has 2 heterocycles. The van der Waals surface area contributed by atoms with Crippen LogP contribution in [-0.4, -0.2) is 67.7 Å². The predicted molar refractivity (Wildman–Crippen MR) is 83.5 cm³/mol. The number of rotatable bonds is 3. The number of carbonyl (C=O) groups is 1. The lowest BCUT2D eigenvalue weighted by Crippen LogP contribution is -2.50. The van der Waals surface area contributed by atoms with Crippen molar-refractivity contribution in [2.24, 2.45) is 0 Å². The third-order valence-corrected chi connectivity index (χ3v) is 4.35. The van der Waals surface area contributed by atoms with E-state index in [9.17, 15) is 9.18 Å². The number of morpholine rings is 2. The molecule has 2 saturated heterocycles. The van der Waals surface area contributed by atoms with Crippen molar-refractivity contribution < 1.29 is 18.7 Å². The Hall–Kier alpha value is -1.50. The summed E-state index contributed by atoms with van der Waals surface area (Å²) in [6.45, 7) is 6.27. The summed E-state index contributed by atoms with van der Waals surface area (Å²) in [5.74, 6) is -0.113. The first-order valence-electron chi connectivity index (χ1n) is 8.10. The van der Waals surface area contributed by atoms with Crippen LogP contribution in [-0.2, 0) is 14.3 Å². The third kappa shape index (κ3) is 4.28. The first kappa shape index (κ1) is 16.4. The van der Waals surface area contributed by atoms with Gasteiger partial charge in [0.1, 0.15) is 5.82 Å². The van der Waals surface area contributed by atoms with E-state index >= 15 is 0 Å². The van der Waals surface area contributed by atoms with Gasteiger partial charge in [-0.2, -0.15) is 0 Å². The summed E-state index contributed by atoms with van der Waals surface area (Å²) < 4.78 is 24.3. The molecule has 6 heteroatoms. The lowest BCUT2D eigenvalue weighted by Gasteiger charge is -2.36. The molecule has 2 aliphatic heterocycles. The second kappa shape index (κ2) is 7.38. The highest BCUT2D eigenvalue weighted by Gasteiger charge is 2.27. The van der Waals surface area contributed by atoms with Crippen molar-refractivity contribution in [3.05, 3.63) is 35.6 Å². The molecule has 0 spiro atoms. The van der Waals surface area contributed by atoms with Crippen LogP contribution >= 0.6 is 0 Å². The molecular weight excluding hydrogens is 299 g/mol. The van der Waals surface area contributed by atoms with Crippen molar-refractivity contribution >= 4 is 5.91 Å². The Kier molecular flexibility index (Phi) is 5.25. The molecule has 1 aromatic rings. The molecule has 3 rings (SSSR count). The van der Waals surface area contributed by atoms with Crippen molar-refractivity contribution in [3.63, 3.8) is 0 Å². The molecule has 0 radical (unpaired) electrons. The number of carbonyl (C=O) groups excluding carboxylic acids is 1. The van der Waals surface area contributed by atoms with Crippen molar-refractivity contribution in [3.8, 4) is 0 Å². The summed E-state index contributed by atoms with van der Waals surface area (Å²) in [4.78, 5) is 16.4. The van der Waals surface area contributed by atoms with E-state index in [0.29, 0.717) is 39.4 Å². The number of amides is 1. The number of hydrogen-bond donors (Lipinski definition) is 0. The van der Waals surface area contributed by atoms with Gasteiger partial charge < -0.3 is 14.4 Å². The average Bonchev–Trinajstić information content (AvgIpc) is 2.56. The lowest BCUT2D eigenvalue weighted by atomic mass is 10.1. The van der Waals surface area contributed by atoms with Crippen LogP contribution in [0.3, 0.4) is 0 Å². The Morgan fingerprint density at radius 3 is 2.65 bits per heavy atom. The largest absolute Gasteiger partial charge is 0.375 e. The van der Waals surface area contributed by atoms with E-state index in [-0.39, 0.29) is 23.9 Å². The van der Waals surface area contributed by atoms with E-state index in [1.807, 2.05) is 11.8 Å². The van der Waals surface area contributed by atoms with Crippen molar-refractivity contribution in [1.82, 2.24) is 9.80 Å². The Morgan fingerprint density at radius 2 is 1.91 bits per heavy atom. The van der Waals surface area contributed by atoms with Crippen LogP contribution in [0.15, 0.2) is 24.3 Å². The average molecular weight is 322 g/mol. The van der Waals surface area contributed by atoms with Gasteiger partial charge in [0.25, 0.3) is 0 Å². The number of hydrogen-bond acceptors (Lipinski definition) is 4. The quantitative estimate of drug-likeness (QED) is 0.845. The zero-order valence-electron chi connectivity index (χ0n) is 13.4. The van der Waals surface area contributed by atoms with Gasteiger partial charge in [0, 0.05) is 26.2 Å². The van der Waals surface area contributed by atoms with Gasteiger partial charge >= 0.3 is 0 Å². The molecule has 0 bridgehead atoms. The van der Waals surface area contributed by atoms with Gasteiger partial charge in [-0.05, 0) is 24.6 Å². The number of ether oxygens (including phenoxy) is 2. The topological polar surface area (TPSA) is 42.0 Å². The van der Waals surface area contributed by atoms with E-state index in [0.717, 1.165) is 12.1 Å². The number of halogens is 1. The zero-order valence-corrected chi connectivity index (χ0v) is 13.4. The Bertz CT molecular complexity index is 537. The molecule has 5 nitrogen and oxygen atoms in total. The van der Waals surface area contributed by atoms with Crippen LogP contribution in [0.4, 0.5) is 4.39 Å². The minimum atomic E-state index is -0.252. The van der Waals surface area contributed by atoms with E-state index in [1.165, 1.54) is 12.1 Å². The monoisotopic (exact) mass is 322 g/mol.